The largest absolute Gasteiger partial charge is 0.478 e. The average molecular weight is 263 g/mol. The van der Waals surface area contributed by atoms with Gasteiger partial charge in [-0.15, -0.1) is 0 Å². The van der Waals surface area contributed by atoms with E-state index in [4.69, 9.17) is 5.11 Å². The number of aryl methyl sites for hydroxylation is 1. The van der Waals surface area contributed by atoms with Crippen molar-refractivity contribution in [2.24, 2.45) is 0 Å². The zero-order valence-corrected chi connectivity index (χ0v) is 11.5. The van der Waals surface area contributed by atoms with Gasteiger partial charge < -0.3 is 10.4 Å². The van der Waals surface area contributed by atoms with Gasteiger partial charge >= 0.3 is 5.97 Å². The molecule has 0 amide bonds. The van der Waals surface area contributed by atoms with Crippen molar-refractivity contribution in [3.05, 3.63) is 23.4 Å². The fourth-order valence-corrected chi connectivity index (χ4v) is 2.25. The summed E-state index contributed by atoms with van der Waals surface area (Å²) in [6.07, 6.45) is 2.64. The highest BCUT2D eigenvalue weighted by Crippen LogP contribution is 2.25. The van der Waals surface area contributed by atoms with Crippen LogP contribution in [0.3, 0.4) is 0 Å². The molecule has 2 N–H and O–H groups in total. The van der Waals surface area contributed by atoms with Crippen molar-refractivity contribution in [1.82, 2.24) is 9.88 Å². The second-order valence-corrected chi connectivity index (χ2v) is 4.92. The minimum atomic E-state index is -0.928. The molecule has 1 fully saturated rings. The maximum absolute atomic E-state index is 10.9. The van der Waals surface area contributed by atoms with Crippen LogP contribution >= 0.6 is 0 Å². The second kappa shape index (κ2) is 6.02. The fourth-order valence-electron chi connectivity index (χ4n) is 2.25. The summed E-state index contributed by atoms with van der Waals surface area (Å²) >= 11 is 0. The van der Waals surface area contributed by atoms with E-state index in [9.17, 15) is 4.79 Å². The van der Waals surface area contributed by atoms with Gasteiger partial charge in [0.1, 0.15) is 5.82 Å². The molecule has 1 aromatic rings. The number of carboxylic acid groups (broad SMARTS) is 1. The Bertz CT molecular complexity index is 458. The van der Waals surface area contributed by atoms with Gasteiger partial charge in [-0.2, -0.15) is 0 Å². The molecule has 0 unspecified atom stereocenters. The van der Waals surface area contributed by atoms with E-state index in [1.54, 1.807) is 19.1 Å². The lowest BCUT2D eigenvalue weighted by Crippen LogP contribution is -2.31. The smallest absolute Gasteiger partial charge is 0.337 e. The second-order valence-electron chi connectivity index (χ2n) is 4.92. The van der Waals surface area contributed by atoms with Crippen LogP contribution < -0.4 is 5.32 Å². The van der Waals surface area contributed by atoms with Crippen LogP contribution in [0.2, 0.25) is 0 Å². The molecule has 1 aromatic heterocycles. The van der Waals surface area contributed by atoms with E-state index in [-0.39, 0.29) is 5.56 Å². The van der Waals surface area contributed by atoms with Gasteiger partial charge in [-0.1, -0.05) is 6.92 Å². The van der Waals surface area contributed by atoms with E-state index >= 15 is 0 Å². The van der Waals surface area contributed by atoms with Crippen LogP contribution in [0.25, 0.3) is 0 Å². The molecular formula is C14H21N3O2. The molecule has 5 nitrogen and oxygen atoms in total. The molecule has 1 heterocycles. The van der Waals surface area contributed by atoms with Gasteiger partial charge in [0.2, 0.25) is 0 Å². The van der Waals surface area contributed by atoms with Crippen molar-refractivity contribution < 1.29 is 9.90 Å². The number of hydrogen-bond acceptors (Lipinski definition) is 4. The Morgan fingerprint density at radius 1 is 1.53 bits per heavy atom. The summed E-state index contributed by atoms with van der Waals surface area (Å²) in [4.78, 5) is 17.6. The lowest BCUT2D eigenvalue weighted by atomic mass is 10.2. The number of carboxylic acids is 1. The van der Waals surface area contributed by atoms with Crippen molar-refractivity contribution >= 4 is 11.8 Å². The first kappa shape index (κ1) is 13.8. The molecule has 0 bridgehead atoms. The Balaban J connectivity index is 1.85. The monoisotopic (exact) mass is 263 g/mol. The number of anilines is 1. The minimum absolute atomic E-state index is 0.263. The molecule has 0 saturated heterocycles. The zero-order chi connectivity index (χ0) is 13.8. The molecule has 0 aliphatic heterocycles. The van der Waals surface area contributed by atoms with Gasteiger partial charge in [0.25, 0.3) is 0 Å². The van der Waals surface area contributed by atoms with Crippen LogP contribution in [0, 0.1) is 6.92 Å². The summed E-state index contributed by atoms with van der Waals surface area (Å²) in [6.45, 7) is 6.82. The molecule has 0 aromatic carbocycles. The SMILES string of the molecule is CCN(CCNc1ccc(C(=O)O)c(C)n1)C1CC1. The van der Waals surface area contributed by atoms with Gasteiger partial charge in [-0.3, -0.25) is 4.90 Å². The number of rotatable bonds is 7. The molecular weight excluding hydrogens is 242 g/mol. The summed E-state index contributed by atoms with van der Waals surface area (Å²) in [5.74, 6) is -0.184. The number of nitrogens with one attached hydrogen (secondary N) is 1. The predicted molar refractivity (Wildman–Crippen MR) is 74.7 cm³/mol. The topological polar surface area (TPSA) is 65.5 Å². The van der Waals surface area contributed by atoms with E-state index in [1.807, 2.05) is 0 Å². The van der Waals surface area contributed by atoms with Crippen LogP contribution in [0.1, 0.15) is 35.8 Å². The zero-order valence-electron chi connectivity index (χ0n) is 11.5. The molecule has 0 spiro atoms. The Morgan fingerprint density at radius 3 is 2.79 bits per heavy atom. The first-order chi connectivity index (χ1) is 9.11. The highest BCUT2D eigenvalue weighted by Gasteiger charge is 2.27. The molecule has 2 rings (SSSR count). The Hall–Kier alpha value is -1.62. The molecule has 1 aliphatic carbocycles. The third kappa shape index (κ3) is 3.67. The van der Waals surface area contributed by atoms with Crippen molar-refractivity contribution in [3.63, 3.8) is 0 Å². The van der Waals surface area contributed by atoms with E-state index in [2.05, 4.69) is 22.1 Å². The maximum Gasteiger partial charge on any atom is 0.337 e. The third-order valence-corrected chi connectivity index (χ3v) is 3.49. The van der Waals surface area contributed by atoms with Crippen LogP contribution in [-0.4, -0.2) is 46.6 Å². The number of hydrogen-bond donors (Lipinski definition) is 2. The van der Waals surface area contributed by atoms with Gasteiger partial charge in [0.05, 0.1) is 11.3 Å². The standard InChI is InChI=1S/C14H21N3O2/c1-3-17(11-4-5-11)9-8-15-13-7-6-12(14(18)19)10(2)16-13/h6-7,11H,3-5,8-9H2,1-2H3,(H,15,16)(H,18,19). The number of aromatic nitrogens is 1. The highest BCUT2D eigenvalue weighted by atomic mass is 16.4. The number of likely N-dealkylation sites (N-methyl/N-ethyl adjacent to an activating group) is 1. The summed E-state index contributed by atoms with van der Waals surface area (Å²) in [7, 11) is 0. The molecule has 104 valence electrons. The number of nitrogens with zero attached hydrogens (tertiary/aromatic N) is 2. The molecule has 19 heavy (non-hydrogen) atoms. The molecule has 5 heteroatoms. The van der Waals surface area contributed by atoms with Crippen molar-refractivity contribution in [1.29, 1.82) is 0 Å². The fraction of sp³-hybridized carbons (Fsp3) is 0.571. The van der Waals surface area contributed by atoms with Crippen LogP contribution in [0.4, 0.5) is 5.82 Å². The first-order valence-corrected chi connectivity index (χ1v) is 6.80. The third-order valence-electron chi connectivity index (χ3n) is 3.49. The minimum Gasteiger partial charge on any atom is -0.478 e. The first-order valence-electron chi connectivity index (χ1n) is 6.80. The molecule has 1 aliphatic rings. The normalized spacial score (nSPS) is 14.7. The Morgan fingerprint density at radius 2 is 2.26 bits per heavy atom. The van der Waals surface area contributed by atoms with Gasteiger partial charge in [0.15, 0.2) is 0 Å². The molecule has 1 saturated carbocycles. The lowest BCUT2D eigenvalue weighted by Gasteiger charge is -2.20. The molecule has 0 radical (unpaired) electrons. The highest BCUT2D eigenvalue weighted by molar-refractivity contribution is 5.89. The molecule has 0 atom stereocenters. The van der Waals surface area contributed by atoms with Crippen molar-refractivity contribution in [3.8, 4) is 0 Å². The number of pyridine rings is 1. The van der Waals surface area contributed by atoms with Crippen molar-refractivity contribution in [2.75, 3.05) is 25.0 Å². The summed E-state index contributed by atoms with van der Waals surface area (Å²) in [5, 5.41) is 12.2. The van der Waals surface area contributed by atoms with Crippen LogP contribution in [-0.2, 0) is 0 Å². The quantitative estimate of drug-likeness (QED) is 0.787. The van der Waals surface area contributed by atoms with Gasteiger partial charge in [-0.05, 0) is 38.4 Å². The predicted octanol–water partition coefficient (Wildman–Crippen LogP) is 1.98. The van der Waals surface area contributed by atoms with E-state index < -0.39 is 5.97 Å². The summed E-state index contributed by atoms with van der Waals surface area (Å²) in [6, 6.07) is 4.10. The van der Waals surface area contributed by atoms with Crippen LogP contribution in [0.15, 0.2) is 12.1 Å². The number of carbonyl (C=O) groups is 1. The van der Waals surface area contributed by atoms with E-state index in [1.165, 1.54) is 12.8 Å². The van der Waals surface area contributed by atoms with Gasteiger partial charge in [-0.25, -0.2) is 9.78 Å². The lowest BCUT2D eigenvalue weighted by molar-refractivity contribution is 0.0695. The van der Waals surface area contributed by atoms with E-state index in [0.29, 0.717) is 5.69 Å². The van der Waals surface area contributed by atoms with E-state index in [0.717, 1.165) is 31.5 Å². The Labute approximate surface area is 113 Å². The Kier molecular flexibility index (Phi) is 4.37. The maximum atomic E-state index is 10.9. The number of aromatic carboxylic acids is 1. The van der Waals surface area contributed by atoms with Gasteiger partial charge in [0, 0.05) is 19.1 Å². The van der Waals surface area contributed by atoms with Crippen molar-refractivity contribution in [2.45, 2.75) is 32.7 Å². The summed E-state index contributed by atoms with van der Waals surface area (Å²) in [5.41, 5.74) is 0.811. The summed E-state index contributed by atoms with van der Waals surface area (Å²) < 4.78 is 0. The van der Waals surface area contributed by atoms with Crippen LogP contribution in [0.5, 0.6) is 0 Å². The average Bonchev–Trinajstić information content (AvgIpc) is 3.18.